The maximum Gasteiger partial charge on any atom is 0.136 e. The van der Waals surface area contributed by atoms with Gasteiger partial charge in [0.05, 0.1) is 7.11 Å². The van der Waals surface area contributed by atoms with Crippen molar-refractivity contribution in [2.75, 3.05) is 25.1 Å². The second-order valence-corrected chi connectivity index (χ2v) is 6.32. The molecule has 0 bridgehead atoms. The number of benzene rings is 2. The predicted molar refractivity (Wildman–Crippen MR) is 99.8 cm³/mol. The zero-order valence-corrected chi connectivity index (χ0v) is 14.0. The van der Waals surface area contributed by atoms with Gasteiger partial charge in [0, 0.05) is 30.2 Å². The molecule has 0 spiro atoms. The van der Waals surface area contributed by atoms with Crippen molar-refractivity contribution in [1.29, 1.82) is 0 Å². The van der Waals surface area contributed by atoms with Crippen LogP contribution in [0.4, 0.5) is 5.82 Å². The van der Waals surface area contributed by atoms with Gasteiger partial charge in [-0.15, -0.1) is 0 Å². The van der Waals surface area contributed by atoms with Crippen molar-refractivity contribution in [3.05, 3.63) is 54.7 Å². The summed E-state index contributed by atoms with van der Waals surface area (Å²) < 4.78 is 5.46. The van der Waals surface area contributed by atoms with Crippen molar-refractivity contribution < 1.29 is 4.74 Å². The Bertz CT molecular complexity index is 839. The SMILES string of the molecule is COc1ccc2c(N3CCCCC3)ncc(-c3ccccc3)c2c1. The molecule has 0 radical (unpaired) electrons. The summed E-state index contributed by atoms with van der Waals surface area (Å²) in [5.41, 5.74) is 2.35. The third-order valence-electron chi connectivity index (χ3n) is 4.81. The minimum absolute atomic E-state index is 0.885. The molecule has 122 valence electrons. The quantitative estimate of drug-likeness (QED) is 0.687. The smallest absolute Gasteiger partial charge is 0.136 e. The van der Waals surface area contributed by atoms with E-state index in [-0.39, 0.29) is 0 Å². The highest BCUT2D eigenvalue weighted by atomic mass is 16.5. The molecule has 0 aliphatic carbocycles. The molecule has 0 unspecified atom stereocenters. The minimum atomic E-state index is 0.885. The average Bonchev–Trinajstić information content (AvgIpc) is 2.68. The number of rotatable bonds is 3. The van der Waals surface area contributed by atoms with Crippen molar-refractivity contribution in [3.63, 3.8) is 0 Å². The standard InChI is InChI=1S/C21H22N2O/c1-24-17-10-11-18-19(14-17)20(16-8-4-2-5-9-16)15-22-21(18)23-12-6-3-7-13-23/h2,4-5,8-11,14-15H,3,6-7,12-13H2,1H3. The second kappa shape index (κ2) is 6.52. The number of aromatic nitrogens is 1. The summed E-state index contributed by atoms with van der Waals surface area (Å²) in [4.78, 5) is 7.27. The molecular weight excluding hydrogens is 296 g/mol. The van der Waals surface area contributed by atoms with E-state index in [1.165, 1.54) is 35.6 Å². The third-order valence-corrected chi connectivity index (χ3v) is 4.81. The lowest BCUT2D eigenvalue weighted by molar-refractivity contribution is 0.415. The Morgan fingerprint density at radius 1 is 0.917 bits per heavy atom. The van der Waals surface area contributed by atoms with Crippen LogP contribution in [0.3, 0.4) is 0 Å². The maximum atomic E-state index is 5.46. The lowest BCUT2D eigenvalue weighted by Crippen LogP contribution is -2.30. The summed E-state index contributed by atoms with van der Waals surface area (Å²) in [5, 5.41) is 2.41. The van der Waals surface area contributed by atoms with Crippen LogP contribution in [-0.2, 0) is 0 Å². The lowest BCUT2D eigenvalue weighted by Gasteiger charge is -2.29. The Morgan fingerprint density at radius 3 is 2.46 bits per heavy atom. The lowest BCUT2D eigenvalue weighted by atomic mass is 9.99. The van der Waals surface area contributed by atoms with E-state index in [4.69, 9.17) is 9.72 Å². The van der Waals surface area contributed by atoms with Crippen LogP contribution < -0.4 is 9.64 Å². The fraction of sp³-hybridized carbons (Fsp3) is 0.286. The van der Waals surface area contributed by atoms with Crippen LogP contribution in [0.15, 0.2) is 54.7 Å². The van der Waals surface area contributed by atoms with Crippen LogP contribution in [0.25, 0.3) is 21.9 Å². The number of fused-ring (bicyclic) bond motifs is 1. The Balaban J connectivity index is 1.91. The molecule has 1 aliphatic heterocycles. The highest BCUT2D eigenvalue weighted by Crippen LogP contribution is 2.36. The van der Waals surface area contributed by atoms with Gasteiger partial charge in [0.25, 0.3) is 0 Å². The van der Waals surface area contributed by atoms with Crippen molar-refractivity contribution in [2.24, 2.45) is 0 Å². The van der Waals surface area contributed by atoms with Gasteiger partial charge in [0.2, 0.25) is 0 Å². The van der Waals surface area contributed by atoms with Crippen LogP contribution in [0, 0.1) is 0 Å². The Hall–Kier alpha value is -2.55. The van der Waals surface area contributed by atoms with Crippen molar-refractivity contribution in [3.8, 4) is 16.9 Å². The van der Waals surface area contributed by atoms with Gasteiger partial charge >= 0.3 is 0 Å². The number of pyridine rings is 1. The van der Waals surface area contributed by atoms with E-state index in [2.05, 4.69) is 41.3 Å². The van der Waals surface area contributed by atoms with E-state index in [9.17, 15) is 0 Å². The van der Waals surface area contributed by atoms with Crippen LogP contribution in [0.5, 0.6) is 5.75 Å². The van der Waals surface area contributed by atoms with E-state index in [0.717, 1.165) is 30.2 Å². The van der Waals surface area contributed by atoms with Gasteiger partial charge in [-0.3, -0.25) is 0 Å². The zero-order valence-electron chi connectivity index (χ0n) is 14.0. The minimum Gasteiger partial charge on any atom is -0.497 e. The van der Waals surface area contributed by atoms with Gasteiger partial charge < -0.3 is 9.64 Å². The fourth-order valence-electron chi connectivity index (χ4n) is 3.54. The van der Waals surface area contributed by atoms with Gasteiger partial charge in [0.15, 0.2) is 0 Å². The number of anilines is 1. The number of nitrogens with zero attached hydrogens (tertiary/aromatic N) is 2. The van der Waals surface area contributed by atoms with Crippen molar-refractivity contribution in [1.82, 2.24) is 4.98 Å². The molecule has 3 heteroatoms. The molecule has 2 aromatic carbocycles. The van der Waals surface area contributed by atoms with Crippen LogP contribution in [0.2, 0.25) is 0 Å². The highest BCUT2D eigenvalue weighted by molar-refractivity contribution is 6.02. The number of ether oxygens (including phenoxy) is 1. The van der Waals surface area contributed by atoms with E-state index in [1.54, 1.807) is 7.11 Å². The van der Waals surface area contributed by atoms with Gasteiger partial charge in [-0.1, -0.05) is 30.3 Å². The van der Waals surface area contributed by atoms with Gasteiger partial charge in [-0.05, 0) is 48.4 Å². The molecule has 0 N–H and O–H groups in total. The number of hydrogen-bond donors (Lipinski definition) is 0. The van der Waals surface area contributed by atoms with Gasteiger partial charge in [-0.2, -0.15) is 0 Å². The van der Waals surface area contributed by atoms with Crippen molar-refractivity contribution in [2.45, 2.75) is 19.3 Å². The first-order valence-electron chi connectivity index (χ1n) is 8.64. The number of piperidine rings is 1. The summed E-state index contributed by atoms with van der Waals surface area (Å²) in [7, 11) is 1.72. The molecule has 0 atom stereocenters. The molecule has 0 amide bonds. The first-order valence-corrected chi connectivity index (χ1v) is 8.64. The fourth-order valence-corrected chi connectivity index (χ4v) is 3.54. The second-order valence-electron chi connectivity index (χ2n) is 6.32. The Kier molecular flexibility index (Phi) is 4.08. The molecule has 3 aromatic rings. The number of hydrogen-bond acceptors (Lipinski definition) is 3. The molecule has 4 rings (SSSR count). The monoisotopic (exact) mass is 318 g/mol. The number of methoxy groups -OCH3 is 1. The molecule has 0 saturated carbocycles. The summed E-state index contributed by atoms with van der Waals surface area (Å²) >= 11 is 0. The predicted octanol–water partition coefficient (Wildman–Crippen LogP) is 4.90. The Morgan fingerprint density at radius 2 is 1.71 bits per heavy atom. The molecule has 1 saturated heterocycles. The van der Waals surface area contributed by atoms with Crippen molar-refractivity contribution >= 4 is 16.6 Å². The zero-order chi connectivity index (χ0) is 16.4. The molecule has 2 heterocycles. The summed E-state index contributed by atoms with van der Waals surface area (Å²) in [6.07, 6.45) is 5.84. The molecular formula is C21H22N2O. The highest BCUT2D eigenvalue weighted by Gasteiger charge is 2.17. The molecule has 1 aliphatic rings. The Labute approximate surface area is 142 Å². The van der Waals surface area contributed by atoms with Crippen LogP contribution in [-0.4, -0.2) is 25.2 Å². The third kappa shape index (κ3) is 2.71. The van der Waals surface area contributed by atoms with E-state index < -0.39 is 0 Å². The molecule has 1 aromatic heterocycles. The molecule has 3 nitrogen and oxygen atoms in total. The first-order chi connectivity index (χ1) is 11.9. The average molecular weight is 318 g/mol. The molecule has 1 fully saturated rings. The van der Waals surface area contributed by atoms with E-state index in [0.29, 0.717) is 0 Å². The largest absolute Gasteiger partial charge is 0.497 e. The van der Waals surface area contributed by atoms with Gasteiger partial charge in [-0.25, -0.2) is 4.98 Å². The topological polar surface area (TPSA) is 25.4 Å². The van der Waals surface area contributed by atoms with E-state index >= 15 is 0 Å². The van der Waals surface area contributed by atoms with Gasteiger partial charge in [0.1, 0.15) is 11.6 Å². The van der Waals surface area contributed by atoms with E-state index in [1.807, 2.05) is 18.3 Å². The van der Waals surface area contributed by atoms with Crippen LogP contribution >= 0.6 is 0 Å². The summed E-state index contributed by atoms with van der Waals surface area (Å²) in [5.74, 6) is 1.99. The first kappa shape index (κ1) is 15.0. The summed E-state index contributed by atoms with van der Waals surface area (Å²) in [6.45, 7) is 2.19. The normalized spacial score (nSPS) is 14.8. The maximum absolute atomic E-state index is 5.46. The summed E-state index contributed by atoms with van der Waals surface area (Å²) in [6, 6.07) is 16.8. The molecule has 24 heavy (non-hydrogen) atoms. The van der Waals surface area contributed by atoms with Crippen LogP contribution in [0.1, 0.15) is 19.3 Å².